The smallest absolute Gasteiger partial charge is 0.0288 e. The Morgan fingerprint density at radius 1 is 1.00 bits per heavy atom. The first kappa shape index (κ1) is 16.5. The molecule has 0 rings (SSSR count). The van der Waals surface area contributed by atoms with Gasteiger partial charge < -0.3 is 0 Å². The minimum absolute atomic E-state index is 0.900. The van der Waals surface area contributed by atoms with Crippen molar-refractivity contribution in [1.82, 2.24) is 0 Å². The van der Waals surface area contributed by atoms with Gasteiger partial charge >= 0.3 is 0 Å². The molecule has 0 heteroatoms. The van der Waals surface area contributed by atoms with Crippen LogP contribution >= 0.6 is 0 Å². The van der Waals surface area contributed by atoms with E-state index in [9.17, 15) is 0 Å². The molecule has 0 nitrogen and oxygen atoms in total. The van der Waals surface area contributed by atoms with E-state index < -0.39 is 0 Å². The average Bonchev–Trinajstić information content (AvgIpc) is 2.25. The topological polar surface area (TPSA) is 0 Å². The fourth-order valence-electron chi connectivity index (χ4n) is 2.00. The van der Waals surface area contributed by atoms with Gasteiger partial charge in [-0.05, 0) is 52.4 Å². The third kappa shape index (κ3) is 11.7. The van der Waals surface area contributed by atoms with Crippen LogP contribution in [0.4, 0.5) is 0 Å². The Morgan fingerprint density at radius 3 is 2.29 bits per heavy atom. The second-order valence-electron chi connectivity index (χ2n) is 5.70. The molecule has 0 spiro atoms. The maximum absolute atomic E-state index is 2.45. The van der Waals surface area contributed by atoms with Crippen LogP contribution in [0.15, 0.2) is 23.3 Å². The van der Waals surface area contributed by atoms with Crippen LogP contribution < -0.4 is 0 Å². The Labute approximate surface area is 109 Å². The van der Waals surface area contributed by atoms with Gasteiger partial charge in [0.1, 0.15) is 0 Å². The summed E-state index contributed by atoms with van der Waals surface area (Å²) in [7, 11) is 0. The summed E-state index contributed by atoms with van der Waals surface area (Å²) >= 11 is 0. The van der Waals surface area contributed by atoms with E-state index in [4.69, 9.17) is 0 Å². The Bertz CT molecular complexity index is 228. The fourth-order valence-corrected chi connectivity index (χ4v) is 2.00. The summed E-state index contributed by atoms with van der Waals surface area (Å²) in [4.78, 5) is 0. The molecule has 0 amide bonds. The summed E-state index contributed by atoms with van der Waals surface area (Å²) in [5.74, 6) is 0.900. The SMILES string of the molecule is CCCCC(C)CC/C=C(\C)CCC=C(C)C. The van der Waals surface area contributed by atoms with Crippen LogP contribution in [0.25, 0.3) is 0 Å². The summed E-state index contributed by atoms with van der Waals surface area (Å²) in [5.41, 5.74) is 3.00. The Balaban J connectivity index is 3.65. The normalized spacial score (nSPS) is 13.6. The lowest BCUT2D eigenvalue weighted by atomic mass is 9.98. The molecule has 0 aromatic heterocycles. The first-order valence-electron chi connectivity index (χ1n) is 7.35. The van der Waals surface area contributed by atoms with Crippen LogP contribution in [0.5, 0.6) is 0 Å². The zero-order valence-electron chi connectivity index (χ0n) is 12.7. The van der Waals surface area contributed by atoms with Crippen molar-refractivity contribution < 1.29 is 0 Å². The standard InChI is InChI=1S/C17H32/c1-6-7-11-16(4)13-9-14-17(5)12-8-10-15(2)3/h10,14,16H,6-9,11-13H2,1-5H3/b17-14+. The predicted octanol–water partition coefficient (Wildman–Crippen LogP) is 6.29. The highest BCUT2D eigenvalue weighted by Crippen LogP contribution is 2.16. The highest BCUT2D eigenvalue weighted by molar-refractivity contribution is 5.02. The highest BCUT2D eigenvalue weighted by Gasteiger charge is 1.99. The van der Waals surface area contributed by atoms with Gasteiger partial charge in [-0.15, -0.1) is 0 Å². The van der Waals surface area contributed by atoms with Crippen molar-refractivity contribution in [1.29, 1.82) is 0 Å². The van der Waals surface area contributed by atoms with E-state index in [0.717, 1.165) is 5.92 Å². The fraction of sp³-hybridized carbons (Fsp3) is 0.765. The van der Waals surface area contributed by atoms with Crippen LogP contribution in [0.1, 0.15) is 79.6 Å². The Morgan fingerprint density at radius 2 is 1.71 bits per heavy atom. The molecule has 0 aliphatic carbocycles. The molecular formula is C17H32. The molecule has 0 bridgehead atoms. The molecule has 0 heterocycles. The number of hydrogen-bond acceptors (Lipinski definition) is 0. The summed E-state index contributed by atoms with van der Waals surface area (Å²) in [6.45, 7) is 11.3. The van der Waals surface area contributed by atoms with Gasteiger partial charge in [-0.1, -0.05) is 56.4 Å². The molecule has 17 heavy (non-hydrogen) atoms. The zero-order chi connectivity index (χ0) is 13.1. The zero-order valence-corrected chi connectivity index (χ0v) is 12.7. The van der Waals surface area contributed by atoms with E-state index in [1.165, 1.54) is 50.5 Å². The van der Waals surface area contributed by atoms with Crippen molar-refractivity contribution in [3.8, 4) is 0 Å². The molecule has 0 aromatic carbocycles. The number of allylic oxidation sites excluding steroid dienone is 4. The molecule has 0 N–H and O–H groups in total. The summed E-state index contributed by atoms with van der Waals surface area (Å²) in [6.07, 6.45) is 14.0. The lowest BCUT2D eigenvalue weighted by Crippen LogP contribution is -1.93. The Kier molecular flexibility index (Phi) is 10.3. The largest absolute Gasteiger partial charge is 0.0856 e. The van der Waals surface area contributed by atoms with Gasteiger partial charge in [-0.25, -0.2) is 0 Å². The predicted molar refractivity (Wildman–Crippen MR) is 80.3 cm³/mol. The summed E-state index contributed by atoms with van der Waals surface area (Å²) in [6, 6.07) is 0. The molecule has 0 aromatic rings. The Hall–Kier alpha value is -0.520. The van der Waals surface area contributed by atoms with Crippen molar-refractivity contribution in [2.45, 2.75) is 79.6 Å². The first-order chi connectivity index (χ1) is 8.06. The van der Waals surface area contributed by atoms with Gasteiger partial charge in [-0.3, -0.25) is 0 Å². The van der Waals surface area contributed by atoms with Gasteiger partial charge in [0.2, 0.25) is 0 Å². The lowest BCUT2D eigenvalue weighted by molar-refractivity contribution is 0.475. The molecule has 0 radical (unpaired) electrons. The lowest BCUT2D eigenvalue weighted by Gasteiger charge is -2.08. The van der Waals surface area contributed by atoms with E-state index in [2.05, 4.69) is 46.8 Å². The number of unbranched alkanes of at least 4 members (excludes halogenated alkanes) is 1. The molecule has 1 unspecified atom stereocenters. The van der Waals surface area contributed by atoms with E-state index in [-0.39, 0.29) is 0 Å². The third-order valence-electron chi connectivity index (χ3n) is 3.29. The quantitative estimate of drug-likeness (QED) is 0.413. The van der Waals surface area contributed by atoms with Gasteiger partial charge in [0.15, 0.2) is 0 Å². The van der Waals surface area contributed by atoms with E-state index in [0.29, 0.717) is 0 Å². The average molecular weight is 236 g/mol. The summed E-state index contributed by atoms with van der Waals surface area (Å²) in [5, 5.41) is 0. The van der Waals surface area contributed by atoms with Crippen molar-refractivity contribution in [2.24, 2.45) is 5.92 Å². The molecule has 0 aliphatic rings. The number of hydrogen-bond donors (Lipinski definition) is 0. The van der Waals surface area contributed by atoms with Crippen molar-refractivity contribution in [3.05, 3.63) is 23.3 Å². The number of rotatable bonds is 9. The van der Waals surface area contributed by atoms with Crippen LogP contribution in [-0.4, -0.2) is 0 Å². The van der Waals surface area contributed by atoms with Crippen LogP contribution in [0.2, 0.25) is 0 Å². The molecule has 0 fully saturated rings. The molecule has 1 atom stereocenters. The first-order valence-corrected chi connectivity index (χ1v) is 7.35. The molecule has 0 saturated carbocycles. The van der Waals surface area contributed by atoms with Gasteiger partial charge in [0.25, 0.3) is 0 Å². The van der Waals surface area contributed by atoms with Crippen LogP contribution in [0.3, 0.4) is 0 Å². The second-order valence-corrected chi connectivity index (χ2v) is 5.70. The molecule has 0 aliphatic heterocycles. The maximum Gasteiger partial charge on any atom is -0.0288 e. The van der Waals surface area contributed by atoms with E-state index in [1.807, 2.05) is 0 Å². The molecular weight excluding hydrogens is 204 g/mol. The van der Waals surface area contributed by atoms with Crippen molar-refractivity contribution in [3.63, 3.8) is 0 Å². The molecule has 0 saturated heterocycles. The minimum Gasteiger partial charge on any atom is -0.0856 e. The van der Waals surface area contributed by atoms with Crippen molar-refractivity contribution in [2.75, 3.05) is 0 Å². The van der Waals surface area contributed by atoms with Crippen molar-refractivity contribution >= 4 is 0 Å². The second kappa shape index (κ2) is 10.6. The van der Waals surface area contributed by atoms with Gasteiger partial charge in [0, 0.05) is 0 Å². The van der Waals surface area contributed by atoms with E-state index >= 15 is 0 Å². The molecule has 100 valence electrons. The maximum atomic E-state index is 2.45. The van der Waals surface area contributed by atoms with Gasteiger partial charge in [-0.2, -0.15) is 0 Å². The highest BCUT2D eigenvalue weighted by atomic mass is 14.1. The minimum atomic E-state index is 0.900. The monoisotopic (exact) mass is 236 g/mol. The summed E-state index contributed by atoms with van der Waals surface area (Å²) < 4.78 is 0. The van der Waals surface area contributed by atoms with Crippen LogP contribution in [-0.2, 0) is 0 Å². The van der Waals surface area contributed by atoms with E-state index in [1.54, 1.807) is 5.57 Å². The third-order valence-corrected chi connectivity index (χ3v) is 3.29. The van der Waals surface area contributed by atoms with Gasteiger partial charge in [0.05, 0.1) is 0 Å². The van der Waals surface area contributed by atoms with Crippen LogP contribution in [0, 0.1) is 5.92 Å².